The van der Waals surface area contributed by atoms with Gasteiger partial charge < -0.3 is 4.98 Å². The summed E-state index contributed by atoms with van der Waals surface area (Å²) < 4.78 is 0. The van der Waals surface area contributed by atoms with Crippen molar-refractivity contribution in [1.29, 1.82) is 0 Å². The van der Waals surface area contributed by atoms with Crippen molar-refractivity contribution in [2.24, 2.45) is 4.99 Å². The highest BCUT2D eigenvalue weighted by atomic mass is 32.2. The average molecular weight is 213 g/mol. The molecular formula is C8H11N3S2. The number of hydrogen-bond acceptors (Lipinski definition) is 4. The van der Waals surface area contributed by atoms with E-state index in [9.17, 15) is 0 Å². The number of aliphatic imine (C=N–C) groups is 1. The van der Waals surface area contributed by atoms with Gasteiger partial charge in [-0.3, -0.25) is 0 Å². The Balaban J connectivity index is 2.20. The monoisotopic (exact) mass is 213 g/mol. The normalized spacial score (nSPS) is 9.62. The van der Waals surface area contributed by atoms with Crippen LogP contribution in [0.3, 0.4) is 0 Å². The number of imidazole rings is 1. The maximum Gasteiger partial charge on any atom is 0.0925 e. The molecule has 0 spiro atoms. The molecule has 0 fully saturated rings. The molecule has 0 aromatic carbocycles. The van der Waals surface area contributed by atoms with Crippen LogP contribution in [0.1, 0.15) is 11.4 Å². The number of isothiocyanates is 1. The summed E-state index contributed by atoms with van der Waals surface area (Å²) in [6.07, 6.45) is 1.72. The minimum absolute atomic E-state index is 0.751. The molecule has 0 aliphatic heterocycles. The molecule has 0 bridgehead atoms. The number of H-pyrrole nitrogens is 1. The van der Waals surface area contributed by atoms with E-state index in [0.717, 1.165) is 23.7 Å². The quantitative estimate of drug-likeness (QED) is 0.462. The largest absolute Gasteiger partial charge is 0.348 e. The maximum atomic E-state index is 4.46. The number of nitrogens with one attached hydrogen (secondary N) is 1. The van der Waals surface area contributed by atoms with Crippen LogP contribution in [0, 0.1) is 6.92 Å². The first-order chi connectivity index (χ1) is 6.34. The highest BCUT2D eigenvalue weighted by molar-refractivity contribution is 7.98. The minimum Gasteiger partial charge on any atom is -0.348 e. The van der Waals surface area contributed by atoms with Crippen molar-refractivity contribution < 1.29 is 0 Å². The Hall–Kier alpha value is -0.640. The van der Waals surface area contributed by atoms with Gasteiger partial charge in [0.15, 0.2) is 0 Å². The second kappa shape index (κ2) is 5.91. The van der Waals surface area contributed by atoms with Crippen LogP contribution in [-0.2, 0) is 5.75 Å². The standard InChI is InChI=1S/C8H11N3S2/c1-7-8(11-5-10-7)4-13-3-2-9-6-12/h5H,2-4H2,1H3,(H,10,11). The fourth-order valence-electron chi connectivity index (χ4n) is 0.866. The van der Waals surface area contributed by atoms with Crippen molar-refractivity contribution in [2.45, 2.75) is 12.7 Å². The molecule has 1 aromatic rings. The second-order valence-corrected chi connectivity index (χ2v) is 3.78. The fraction of sp³-hybridized carbons (Fsp3) is 0.500. The number of hydrogen-bond donors (Lipinski definition) is 1. The molecule has 0 amide bonds. The van der Waals surface area contributed by atoms with Gasteiger partial charge in [-0.1, -0.05) is 0 Å². The van der Waals surface area contributed by atoms with E-state index in [4.69, 9.17) is 0 Å². The first kappa shape index (κ1) is 10.4. The molecule has 1 N–H and O–H groups in total. The Kier molecular flexibility index (Phi) is 4.75. The maximum absolute atomic E-state index is 4.46. The Morgan fingerprint density at radius 2 is 2.62 bits per heavy atom. The van der Waals surface area contributed by atoms with Crippen LogP contribution < -0.4 is 0 Å². The minimum atomic E-state index is 0.751. The third-order valence-electron chi connectivity index (χ3n) is 1.59. The zero-order valence-corrected chi connectivity index (χ0v) is 9.04. The third kappa shape index (κ3) is 3.72. The SMILES string of the molecule is Cc1nc[nH]c1CSCCN=C=S. The number of thiocarbonyl (C=S) groups is 1. The second-order valence-electron chi connectivity index (χ2n) is 2.49. The lowest BCUT2D eigenvalue weighted by atomic mass is 10.4. The Morgan fingerprint density at radius 3 is 3.23 bits per heavy atom. The molecular weight excluding hydrogens is 202 g/mol. The van der Waals surface area contributed by atoms with Crippen LogP contribution in [-0.4, -0.2) is 27.4 Å². The van der Waals surface area contributed by atoms with Crippen LogP contribution in [0.25, 0.3) is 0 Å². The van der Waals surface area contributed by atoms with Gasteiger partial charge in [-0.2, -0.15) is 11.8 Å². The van der Waals surface area contributed by atoms with E-state index in [1.807, 2.05) is 18.7 Å². The van der Waals surface area contributed by atoms with E-state index in [1.54, 1.807) is 6.33 Å². The van der Waals surface area contributed by atoms with E-state index in [-0.39, 0.29) is 0 Å². The first-order valence-corrected chi connectivity index (χ1v) is 5.51. The lowest BCUT2D eigenvalue weighted by Gasteiger charge is -1.97. The number of aryl methyl sites for hydroxylation is 1. The van der Waals surface area contributed by atoms with Gasteiger partial charge in [0, 0.05) is 17.2 Å². The van der Waals surface area contributed by atoms with Crippen molar-refractivity contribution in [1.82, 2.24) is 9.97 Å². The van der Waals surface area contributed by atoms with E-state index in [1.165, 1.54) is 5.69 Å². The van der Waals surface area contributed by atoms with E-state index in [0.29, 0.717) is 0 Å². The van der Waals surface area contributed by atoms with Crippen molar-refractivity contribution in [3.8, 4) is 0 Å². The topological polar surface area (TPSA) is 41.0 Å². The van der Waals surface area contributed by atoms with Gasteiger partial charge in [0.2, 0.25) is 0 Å². The summed E-state index contributed by atoms with van der Waals surface area (Å²) in [7, 11) is 0. The molecule has 1 rings (SSSR count). The molecule has 3 nitrogen and oxygen atoms in total. The lowest BCUT2D eigenvalue weighted by molar-refractivity contribution is 1.14. The summed E-state index contributed by atoms with van der Waals surface area (Å²) in [5.74, 6) is 1.93. The van der Waals surface area contributed by atoms with Gasteiger partial charge in [0.25, 0.3) is 0 Å². The zero-order chi connectivity index (χ0) is 9.52. The van der Waals surface area contributed by atoms with Gasteiger partial charge in [0.1, 0.15) is 0 Å². The lowest BCUT2D eigenvalue weighted by Crippen LogP contribution is -1.89. The highest BCUT2D eigenvalue weighted by Gasteiger charge is 1.99. The first-order valence-electron chi connectivity index (χ1n) is 3.95. The Morgan fingerprint density at radius 1 is 1.77 bits per heavy atom. The van der Waals surface area contributed by atoms with Crippen LogP contribution in [0.4, 0.5) is 0 Å². The molecule has 1 aromatic heterocycles. The zero-order valence-electron chi connectivity index (χ0n) is 7.41. The van der Waals surface area contributed by atoms with Crippen molar-refractivity contribution in [3.05, 3.63) is 17.7 Å². The Bertz CT molecular complexity index is 302. The van der Waals surface area contributed by atoms with Crippen LogP contribution >= 0.6 is 24.0 Å². The van der Waals surface area contributed by atoms with Crippen LogP contribution in [0.15, 0.2) is 11.3 Å². The van der Waals surface area contributed by atoms with Crippen molar-refractivity contribution >= 4 is 29.1 Å². The van der Waals surface area contributed by atoms with Gasteiger partial charge in [0.05, 0.1) is 23.7 Å². The summed E-state index contributed by atoms with van der Waals surface area (Å²) in [6, 6.07) is 0. The molecule has 0 unspecified atom stereocenters. The van der Waals surface area contributed by atoms with Crippen LogP contribution in [0.2, 0.25) is 0 Å². The molecule has 0 atom stereocenters. The third-order valence-corrected chi connectivity index (χ3v) is 2.69. The van der Waals surface area contributed by atoms with E-state index < -0.39 is 0 Å². The van der Waals surface area contributed by atoms with Crippen LogP contribution in [0.5, 0.6) is 0 Å². The van der Waals surface area contributed by atoms with Gasteiger partial charge in [-0.25, -0.2) is 9.98 Å². The molecule has 1 heterocycles. The average Bonchev–Trinajstić information content (AvgIpc) is 2.52. The molecule has 0 saturated heterocycles. The molecule has 0 saturated carbocycles. The number of thioether (sulfide) groups is 1. The highest BCUT2D eigenvalue weighted by Crippen LogP contribution is 2.11. The predicted octanol–water partition coefficient (Wildman–Crippen LogP) is 2.05. The number of aromatic nitrogens is 2. The van der Waals surface area contributed by atoms with E-state index >= 15 is 0 Å². The predicted molar refractivity (Wildman–Crippen MR) is 59.4 cm³/mol. The van der Waals surface area contributed by atoms with Gasteiger partial charge in [-0.05, 0) is 19.1 Å². The van der Waals surface area contributed by atoms with Gasteiger partial charge >= 0.3 is 0 Å². The molecule has 13 heavy (non-hydrogen) atoms. The smallest absolute Gasteiger partial charge is 0.0925 e. The molecule has 0 aliphatic carbocycles. The van der Waals surface area contributed by atoms with Gasteiger partial charge in [-0.15, -0.1) is 0 Å². The number of rotatable bonds is 5. The molecule has 5 heteroatoms. The fourth-order valence-corrected chi connectivity index (χ4v) is 1.82. The van der Waals surface area contributed by atoms with Crippen molar-refractivity contribution in [2.75, 3.05) is 12.3 Å². The molecule has 0 aliphatic rings. The summed E-state index contributed by atoms with van der Waals surface area (Å²) >= 11 is 6.27. The summed E-state index contributed by atoms with van der Waals surface area (Å²) in [5, 5.41) is 2.35. The Labute approximate surface area is 87.1 Å². The number of aromatic amines is 1. The van der Waals surface area contributed by atoms with Crippen molar-refractivity contribution in [3.63, 3.8) is 0 Å². The number of nitrogens with zero attached hydrogens (tertiary/aromatic N) is 2. The molecule has 0 radical (unpaired) electrons. The summed E-state index contributed by atoms with van der Waals surface area (Å²) in [5.41, 5.74) is 2.27. The summed E-state index contributed by atoms with van der Waals surface area (Å²) in [6.45, 7) is 2.75. The van der Waals surface area contributed by atoms with E-state index in [2.05, 4.69) is 32.3 Å². The molecule has 70 valence electrons. The summed E-state index contributed by atoms with van der Waals surface area (Å²) in [4.78, 5) is 11.0.